The Morgan fingerprint density at radius 3 is 3.00 bits per heavy atom. The Morgan fingerprint density at radius 1 is 1.35 bits per heavy atom. The second kappa shape index (κ2) is 5.86. The first-order valence-electron chi connectivity index (χ1n) is 7.65. The third kappa shape index (κ3) is 2.77. The van der Waals surface area contributed by atoms with Crippen LogP contribution in [0.15, 0.2) is 11.4 Å². The smallest absolute Gasteiger partial charge is 0.328 e. The number of nitrogens with one attached hydrogen (secondary N) is 1. The van der Waals surface area contributed by atoms with Crippen LogP contribution in [-0.4, -0.2) is 18.6 Å². The number of fused-ring (bicyclic) bond motifs is 1. The highest BCUT2D eigenvalue weighted by atomic mass is 32.1. The summed E-state index contributed by atoms with van der Waals surface area (Å²) in [6.45, 7) is 5.43. The Balaban J connectivity index is 1.63. The molecule has 0 spiro atoms. The highest BCUT2D eigenvalue weighted by Gasteiger charge is 2.32. The quantitative estimate of drug-likeness (QED) is 0.850. The fourth-order valence-corrected chi connectivity index (χ4v) is 4.22. The van der Waals surface area contributed by atoms with Crippen molar-refractivity contribution in [2.75, 3.05) is 6.54 Å². The average Bonchev–Trinajstić information content (AvgIpc) is 2.91. The summed E-state index contributed by atoms with van der Waals surface area (Å²) < 4.78 is 5.78. The van der Waals surface area contributed by atoms with E-state index < -0.39 is 0 Å². The van der Waals surface area contributed by atoms with Gasteiger partial charge in [0.1, 0.15) is 12.1 Å². The molecule has 3 rings (SSSR count). The van der Waals surface area contributed by atoms with Crippen LogP contribution >= 0.6 is 11.3 Å². The van der Waals surface area contributed by atoms with Gasteiger partial charge in [0.05, 0.1) is 0 Å². The maximum atomic E-state index is 12.4. The van der Waals surface area contributed by atoms with Crippen molar-refractivity contribution in [3.8, 4) is 0 Å². The van der Waals surface area contributed by atoms with E-state index in [0.29, 0.717) is 5.92 Å². The summed E-state index contributed by atoms with van der Waals surface area (Å²) in [5.74, 6) is 1.31. The minimum Gasteiger partial charge on any atom is -0.461 e. The molecule has 4 unspecified atom stereocenters. The monoisotopic (exact) mass is 293 g/mol. The van der Waals surface area contributed by atoms with Crippen molar-refractivity contribution in [1.82, 2.24) is 5.32 Å². The van der Waals surface area contributed by atoms with Gasteiger partial charge in [-0.2, -0.15) is 0 Å². The fourth-order valence-electron chi connectivity index (χ4n) is 3.30. The highest BCUT2D eigenvalue weighted by molar-refractivity contribution is 7.10. The average molecular weight is 293 g/mol. The summed E-state index contributed by atoms with van der Waals surface area (Å²) in [4.78, 5) is 13.8. The van der Waals surface area contributed by atoms with E-state index >= 15 is 0 Å². The molecule has 3 nitrogen and oxygen atoms in total. The SMILES string of the molecule is CC1CCC(OC(=O)C2NCCc3sccc32)CC1C. The van der Waals surface area contributed by atoms with E-state index in [2.05, 4.69) is 30.6 Å². The molecule has 4 atom stereocenters. The number of carbonyl (C=O) groups is 1. The molecule has 0 saturated heterocycles. The summed E-state index contributed by atoms with van der Waals surface area (Å²) >= 11 is 1.75. The molecule has 0 aromatic carbocycles. The molecular weight excluding hydrogens is 270 g/mol. The maximum Gasteiger partial charge on any atom is 0.328 e. The van der Waals surface area contributed by atoms with Crippen LogP contribution < -0.4 is 5.32 Å². The summed E-state index contributed by atoms with van der Waals surface area (Å²) in [5.41, 5.74) is 1.13. The lowest BCUT2D eigenvalue weighted by molar-refractivity contribution is -0.154. The molecule has 0 amide bonds. The molecule has 1 N–H and O–H groups in total. The largest absolute Gasteiger partial charge is 0.461 e. The zero-order valence-corrected chi connectivity index (χ0v) is 13.0. The van der Waals surface area contributed by atoms with Crippen LogP contribution in [-0.2, 0) is 16.0 Å². The number of ether oxygens (including phenoxy) is 1. The Hall–Kier alpha value is -0.870. The second-order valence-electron chi connectivity index (χ2n) is 6.26. The Labute approximate surface area is 124 Å². The minimum absolute atomic E-state index is 0.0869. The lowest BCUT2D eigenvalue weighted by Gasteiger charge is -2.33. The Bertz CT molecular complexity index is 485. The Morgan fingerprint density at radius 2 is 2.20 bits per heavy atom. The molecular formula is C16H23NO2S. The molecule has 0 bridgehead atoms. The van der Waals surface area contributed by atoms with Crippen molar-refractivity contribution in [2.24, 2.45) is 11.8 Å². The van der Waals surface area contributed by atoms with Gasteiger partial charge in [-0.1, -0.05) is 13.8 Å². The first kappa shape index (κ1) is 14.1. The van der Waals surface area contributed by atoms with Gasteiger partial charge in [0.2, 0.25) is 0 Å². The van der Waals surface area contributed by atoms with Crippen LogP contribution in [0.1, 0.15) is 49.6 Å². The number of hydrogen-bond acceptors (Lipinski definition) is 4. The van der Waals surface area contributed by atoms with Gasteiger partial charge in [-0.15, -0.1) is 11.3 Å². The number of carbonyl (C=O) groups excluding carboxylic acids is 1. The molecule has 1 aliphatic heterocycles. The molecule has 1 aliphatic carbocycles. The standard InChI is InChI=1S/C16H23NO2S/c1-10-3-4-12(9-11(10)2)19-16(18)15-13-6-8-20-14(13)5-7-17-15/h6,8,10-12,15,17H,3-5,7,9H2,1-2H3. The Kier molecular flexibility index (Phi) is 4.13. The minimum atomic E-state index is -0.250. The van der Waals surface area contributed by atoms with Crippen molar-refractivity contribution in [1.29, 1.82) is 0 Å². The maximum absolute atomic E-state index is 12.4. The zero-order valence-electron chi connectivity index (χ0n) is 12.2. The van der Waals surface area contributed by atoms with Crippen LogP contribution in [0, 0.1) is 11.8 Å². The molecule has 0 radical (unpaired) electrons. The number of hydrogen-bond donors (Lipinski definition) is 1. The van der Waals surface area contributed by atoms with Crippen molar-refractivity contribution in [3.63, 3.8) is 0 Å². The molecule has 1 aromatic heterocycles. The third-order valence-corrected chi connectivity index (χ3v) is 5.86. The molecule has 2 aliphatic rings. The number of esters is 1. The summed E-state index contributed by atoms with van der Waals surface area (Å²) in [6, 6.07) is 1.81. The first-order chi connectivity index (χ1) is 9.65. The topological polar surface area (TPSA) is 38.3 Å². The van der Waals surface area contributed by atoms with E-state index in [9.17, 15) is 4.79 Å². The molecule has 4 heteroatoms. The molecule has 1 fully saturated rings. The van der Waals surface area contributed by atoms with Gasteiger partial charge < -0.3 is 10.1 Å². The van der Waals surface area contributed by atoms with E-state index in [1.54, 1.807) is 11.3 Å². The van der Waals surface area contributed by atoms with Gasteiger partial charge in [-0.25, -0.2) is 4.79 Å². The lowest BCUT2D eigenvalue weighted by Crippen LogP contribution is -2.38. The number of thiophene rings is 1. The van der Waals surface area contributed by atoms with E-state index in [-0.39, 0.29) is 18.1 Å². The zero-order chi connectivity index (χ0) is 14.1. The van der Waals surface area contributed by atoms with E-state index in [4.69, 9.17) is 4.74 Å². The molecule has 20 heavy (non-hydrogen) atoms. The van der Waals surface area contributed by atoms with E-state index in [1.807, 2.05) is 0 Å². The van der Waals surface area contributed by atoms with Gasteiger partial charge >= 0.3 is 5.97 Å². The van der Waals surface area contributed by atoms with Crippen molar-refractivity contribution in [3.05, 3.63) is 21.9 Å². The van der Waals surface area contributed by atoms with E-state index in [0.717, 1.165) is 37.3 Å². The van der Waals surface area contributed by atoms with Gasteiger partial charge in [0.15, 0.2) is 0 Å². The van der Waals surface area contributed by atoms with Crippen LogP contribution in [0.25, 0.3) is 0 Å². The number of rotatable bonds is 2. The van der Waals surface area contributed by atoms with Crippen molar-refractivity contribution < 1.29 is 9.53 Å². The van der Waals surface area contributed by atoms with Gasteiger partial charge in [-0.3, -0.25) is 0 Å². The predicted molar refractivity (Wildman–Crippen MR) is 80.8 cm³/mol. The van der Waals surface area contributed by atoms with Gasteiger partial charge in [-0.05, 0) is 54.5 Å². The molecule has 2 heterocycles. The normalized spacial score (nSPS) is 33.5. The van der Waals surface area contributed by atoms with Crippen LogP contribution in [0.2, 0.25) is 0 Å². The molecule has 1 saturated carbocycles. The lowest BCUT2D eigenvalue weighted by atomic mass is 9.80. The van der Waals surface area contributed by atoms with Crippen molar-refractivity contribution in [2.45, 2.75) is 51.7 Å². The molecule has 1 aromatic rings. The third-order valence-electron chi connectivity index (χ3n) is 4.86. The van der Waals surface area contributed by atoms with Crippen molar-refractivity contribution >= 4 is 17.3 Å². The summed E-state index contributed by atoms with van der Waals surface area (Å²) in [6.07, 6.45) is 4.33. The predicted octanol–water partition coefficient (Wildman–Crippen LogP) is 3.30. The second-order valence-corrected chi connectivity index (χ2v) is 7.26. The fraction of sp³-hybridized carbons (Fsp3) is 0.688. The van der Waals surface area contributed by atoms with E-state index in [1.165, 1.54) is 11.3 Å². The first-order valence-corrected chi connectivity index (χ1v) is 8.53. The summed E-state index contributed by atoms with van der Waals surface area (Å²) in [7, 11) is 0. The van der Waals surface area contributed by atoms with Crippen LogP contribution in [0.5, 0.6) is 0 Å². The van der Waals surface area contributed by atoms with Crippen LogP contribution in [0.4, 0.5) is 0 Å². The van der Waals surface area contributed by atoms with Gasteiger partial charge in [0.25, 0.3) is 0 Å². The van der Waals surface area contributed by atoms with Gasteiger partial charge in [0, 0.05) is 11.4 Å². The molecule has 110 valence electrons. The van der Waals surface area contributed by atoms with Crippen LogP contribution in [0.3, 0.4) is 0 Å². The highest BCUT2D eigenvalue weighted by Crippen LogP contribution is 2.33. The summed E-state index contributed by atoms with van der Waals surface area (Å²) in [5, 5.41) is 5.37.